The second-order valence-electron chi connectivity index (χ2n) is 4.79. The van der Waals surface area contributed by atoms with E-state index >= 15 is 0 Å². The normalized spacial score (nSPS) is 16.1. The second-order valence-corrected chi connectivity index (χ2v) is 5.23. The van der Waals surface area contributed by atoms with Crippen LogP contribution < -0.4 is 10.6 Å². The molecule has 5 nitrogen and oxygen atoms in total. The van der Waals surface area contributed by atoms with E-state index in [1.165, 1.54) is 6.20 Å². The van der Waals surface area contributed by atoms with Gasteiger partial charge in [-0.3, -0.25) is 4.79 Å². The van der Waals surface area contributed by atoms with Crippen molar-refractivity contribution in [2.45, 2.75) is 25.4 Å². The molecule has 1 aliphatic heterocycles. The van der Waals surface area contributed by atoms with Crippen molar-refractivity contribution in [2.24, 2.45) is 0 Å². The van der Waals surface area contributed by atoms with Crippen LogP contribution in [0.15, 0.2) is 18.3 Å². The van der Waals surface area contributed by atoms with Crippen molar-refractivity contribution in [3.05, 3.63) is 29.0 Å². The van der Waals surface area contributed by atoms with E-state index in [4.69, 9.17) is 16.3 Å². The Balaban J connectivity index is 1.58. The number of piperidine rings is 1. The fourth-order valence-electron chi connectivity index (χ4n) is 2.09. The number of carbonyl (C=O) groups excluding carboxylic acids is 1. The summed E-state index contributed by atoms with van der Waals surface area (Å²) < 4.78 is 5.76. The van der Waals surface area contributed by atoms with Gasteiger partial charge in [0, 0.05) is 19.3 Å². The summed E-state index contributed by atoms with van der Waals surface area (Å²) in [6.07, 6.45) is 4.78. The first kappa shape index (κ1) is 15.2. The van der Waals surface area contributed by atoms with E-state index in [0.717, 1.165) is 32.4 Å². The van der Waals surface area contributed by atoms with Crippen LogP contribution in [-0.4, -0.2) is 43.2 Å². The molecular formula is C14H20ClN3O2. The Morgan fingerprint density at radius 2 is 2.25 bits per heavy atom. The molecule has 1 aliphatic rings. The van der Waals surface area contributed by atoms with Crippen molar-refractivity contribution < 1.29 is 9.53 Å². The Labute approximate surface area is 124 Å². The van der Waals surface area contributed by atoms with E-state index in [1.807, 2.05) is 0 Å². The lowest BCUT2D eigenvalue weighted by Crippen LogP contribution is -2.33. The number of nitrogens with one attached hydrogen (secondary N) is 2. The van der Waals surface area contributed by atoms with Gasteiger partial charge in [0.25, 0.3) is 5.91 Å². The Hall–Kier alpha value is -1.17. The van der Waals surface area contributed by atoms with Gasteiger partial charge in [-0.05, 0) is 44.5 Å². The lowest BCUT2D eigenvalue weighted by atomic mass is 10.1. The van der Waals surface area contributed by atoms with Crippen molar-refractivity contribution >= 4 is 17.5 Å². The predicted molar refractivity (Wildman–Crippen MR) is 78.0 cm³/mol. The standard InChI is InChI=1S/C14H20ClN3O2/c15-11-2-3-13(18-10-11)14(19)17-6-1-9-20-12-4-7-16-8-5-12/h2-3,10,12,16H,1,4-9H2,(H,17,19). The summed E-state index contributed by atoms with van der Waals surface area (Å²) in [6.45, 7) is 3.33. The highest BCUT2D eigenvalue weighted by Crippen LogP contribution is 2.07. The number of pyridine rings is 1. The Kier molecular flexibility index (Phi) is 6.24. The first-order valence-corrected chi connectivity index (χ1v) is 7.35. The van der Waals surface area contributed by atoms with Crippen LogP contribution in [0.3, 0.4) is 0 Å². The molecule has 0 bridgehead atoms. The highest BCUT2D eigenvalue weighted by atomic mass is 35.5. The lowest BCUT2D eigenvalue weighted by Gasteiger charge is -2.22. The third-order valence-electron chi connectivity index (χ3n) is 3.21. The smallest absolute Gasteiger partial charge is 0.269 e. The molecule has 0 aromatic carbocycles. The van der Waals surface area contributed by atoms with Crippen molar-refractivity contribution in [2.75, 3.05) is 26.2 Å². The van der Waals surface area contributed by atoms with Crippen molar-refractivity contribution in [1.29, 1.82) is 0 Å². The molecule has 2 heterocycles. The fraction of sp³-hybridized carbons (Fsp3) is 0.571. The van der Waals surface area contributed by atoms with Gasteiger partial charge in [0.05, 0.1) is 11.1 Å². The van der Waals surface area contributed by atoms with Gasteiger partial charge in [-0.1, -0.05) is 11.6 Å². The molecule has 0 unspecified atom stereocenters. The summed E-state index contributed by atoms with van der Waals surface area (Å²) in [5.41, 5.74) is 0.383. The summed E-state index contributed by atoms with van der Waals surface area (Å²) in [6, 6.07) is 3.27. The molecular weight excluding hydrogens is 278 g/mol. The zero-order valence-electron chi connectivity index (χ0n) is 11.4. The Morgan fingerprint density at radius 1 is 1.45 bits per heavy atom. The van der Waals surface area contributed by atoms with Crippen LogP contribution in [0.4, 0.5) is 0 Å². The van der Waals surface area contributed by atoms with Crippen LogP contribution in [0.1, 0.15) is 29.8 Å². The minimum atomic E-state index is -0.177. The summed E-state index contributed by atoms with van der Waals surface area (Å²) in [4.78, 5) is 15.7. The quantitative estimate of drug-likeness (QED) is 0.783. The van der Waals surface area contributed by atoms with Crippen molar-refractivity contribution in [1.82, 2.24) is 15.6 Å². The van der Waals surface area contributed by atoms with E-state index in [2.05, 4.69) is 15.6 Å². The summed E-state index contributed by atoms with van der Waals surface area (Å²) in [7, 11) is 0. The zero-order valence-corrected chi connectivity index (χ0v) is 12.2. The Morgan fingerprint density at radius 3 is 2.95 bits per heavy atom. The summed E-state index contributed by atoms with van der Waals surface area (Å²) >= 11 is 5.72. The summed E-state index contributed by atoms with van der Waals surface area (Å²) in [5.74, 6) is -0.177. The molecule has 2 N–H and O–H groups in total. The number of hydrogen-bond acceptors (Lipinski definition) is 4. The van der Waals surface area contributed by atoms with E-state index < -0.39 is 0 Å². The van der Waals surface area contributed by atoms with E-state index in [-0.39, 0.29) is 5.91 Å². The highest BCUT2D eigenvalue weighted by Gasteiger charge is 2.12. The Bertz CT molecular complexity index is 419. The van der Waals surface area contributed by atoms with Gasteiger partial charge in [-0.15, -0.1) is 0 Å². The number of ether oxygens (including phenoxy) is 1. The minimum absolute atomic E-state index is 0.177. The third-order valence-corrected chi connectivity index (χ3v) is 3.43. The maximum absolute atomic E-state index is 11.8. The molecule has 6 heteroatoms. The number of rotatable bonds is 6. The molecule has 1 amide bonds. The molecule has 0 spiro atoms. The maximum Gasteiger partial charge on any atom is 0.269 e. The van der Waals surface area contributed by atoms with Gasteiger partial charge >= 0.3 is 0 Å². The molecule has 1 fully saturated rings. The van der Waals surface area contributed by atoms with Gasteiger partial charge in [-0.25, -0.2) is 4.98 Å². The maximum atomic E-state index is 11.8. The minimum Gasteiger partial charge on any atom is -0.378 e. The molecule has 0 saturated carbocycles. The first-order valence-electron chi connectivity index (χ1n) is 6.98. The molecule has 1 aromatic heterocycles. The molecule has 110 valence electrons. The van der Waals surface area contributed by atoms with E-state index in [0.29, 0.717) is 30.0 Å². The summed E-state index contributed by atoms with van der Waals surface area (Å²) in [5, 5.41) is 6.64. The molecule has 2 rings (SSSR count). The largest absolute Gasteiger partial charge is 0.378 e. The zero-order chi connectivity index (χ0) is 14.2. The van der Waals surface area contributed by atoms with Crippen LogP contribution in [0.5, 0.6) is 0 Å². The van der Waals surface area contributed by atoms with Gasteiger partial charge in [0.15, 0.2) is 0 Å². The topological polar surface area (TPSA) is 63.2 Å². The SMILES string of the molecule is O=C(NCCCOC1CCNCC1)c1ccc(Cl)cn1. The number of halogens is 1. The molecule has 1 saturated heterocycles. The van der Waals surface area contributed by atoms with Crippen LogP contribution in [0.25, 0.3) is 0 Å². The molecule has 20 heavy (non-hydrogen) atoms. The predicted octanol–water partition coefficient (Wildman–Crippen LogP) is 1.62. The highest BCUT2D eigenvalue weighted by molar-refractivity contribution is 6.30. The van der Waals surface area contributed by atoms with Crippen LogP contribution in [-0.2, 0) is 4.74 Å². The van der Waals surface area contributed by atoms with E-state index in [9.17, 15) is 4.79 Å². The monoisotopic (exact) mass is 297 g/mol. The first-order chi connectivity index (χ1) is 9.75. The van der Waals surface area contributed by atoms with E-state index in [1.54, 1.807) is 12.1 Å². The van der Waals surface area contributed by atoms with Gasteiger partial charge in [0.1, 0.15) is 5.69 Å². The lowest BCUT2D eigenvalue weighted by molar-refractivity contribution is 0.0317. The number of hydrogen-bond donors (Lipinski definition) is 2. The van der Waals surface area contributed by atoms with Crippen LogP contribution >= 0.6 is 11.6 Å². The van der Waals surface area contributed by atoms with Crippen LogP contribution in [0, 0.1) is 0 Å². The average molecular weight is 298 g/mol. The molecule has 0 aliphatic carbocycles. The molecule has 0 radical (unpaired) electrons. The number of carbonyl (C=O) groups is 1. The van der Waals surface area contributed by atoms with Crippen molar-refractivity contribution in [3.8, 4) is 0 Å². The fourth-order valence-corrected chi connectivity index (χ4v) is 2.20. The van der Waals surface area contributed by atoms with Crippen molar-refractivity contribution in [3.63, 3.8) is 0 Å². The number of nitrogens with zero attached hydrogens (tertiary/aromatic N) is 1. The van der Waals surface area contributed by atoms with Gasteiger partial charge in [0.2, 0.25) is 0 Å². The van der Waals surface area contributed by atoms with Crippen LogP contribution in [0.2, 0.25) is 5.02 Å². The average Bonchev–Trinajstić information content (AvgIpc) is 2.48. The number of amides is 1. The molecule has 1 aromatic rings. The van der Waals surface area contributed by atoms with Gasteiger partial charge < -0.3 is 15.4 Å². The number of aromatic nitrogens is 1. The third kappa shape index (κ3) is 5.07. The molecule has 0 atom stereocenters. The van der Waals surface area contributed by atoms with Gasteiger partial charge in [-0.2, -0.15) is 0 Å². The second kappa shape index (κ2) is 8.19.